The number of likely N-dealkylation sites (tertiary alicyclic amines) is 1. The number of carbonyl (C=O) groups excluding carboxylic acids is 1. The van der Waals surface area contributed by atoms with E-state index in [1.165, 1.54) is 7.05 Å². The number of hydrogen-bond donors (Lipinski definition) is 0. The Kier molecular flexibility index (Phi) is 6.29. The summed E-state index contributed by atoms with van der Waals surface area (Å²) >= 11 is 0. The summed E-state index contributed by atoms with van der Waals surface area (Å²) in [5.41, 5.74) is 0.260. The molecule has 1 aromatic carbocycles. The molecule has 168 valence electrons. The first kappa shape index (κ1) is 21.7. The third-order valence-electron chi connectivity index (χ3n) is 5.65. The molecule has 1 amide bonds. The van der Waals surface area contributed by atoms with Crippen LogP contribution in [0.3, 0.4) is 0 Å². The molecule has 32 heavy (non-hydrogen) atoms. The summed E-state index contributed by atoms with van der Waals surface area (Å²) in [4.78, 5) is 43.9. The highest BCUT2D eigenvalue weighted by atomic mass is 16.5. The fourth-order valence-electron chi connectivity index (χ4n) is 3.71. The van der Waals surface area contributed by atoms with Crippen LogP contribution in [-0.2, 0) is 18.3 Å². The number of rotatable bonds is 5. The van der Waals surface area contributed by atoms with E-state index in [2.05, 4.69) is 15.2 Å². The van der Waals surface area contributed by atoms with Gasteiger partial charge in [-0.2, -0.15) is 14.8 Å². The molecule has 0 spiro atoms. The third-order valence-corrected chi connectivity index (χ3v) is 5.65. The highest BCUT2D eigenvalue weighted by Crippen LogP contribution is 2.14. The summed E-state index contributed by atoms with van der Waals surface area (Å²) in [7, 11) is 1.38. The second-order valence-corrected chi connectivity index (χ2v) is 8.05. The summed E-state index contributed by atoms with van der Waals surface area (Å²) in [6, 6.07) is 7.19. The molecule has 4 rings (SSSR count). The molecule has 10 heteroatoms. The SMILES string of the molecule is Cc1ccc(-n2nc(-c3noc(CCC(=O)N4CCCCCC4)n3)c(=O)n(C)c2=O)cc1. The summed E-state index contributed by atoms with van der Waals surface area (Å²) in [5, 5.41) is 8.08. The lowest BCUT2D eigenvalue weighted by molar-refractivity contribution is -0.131. The van der Waals surface area contributed by atoms with Gasteiger partial charge in [0, 0.05) is 33.0 Å². The maximum Gasteiger partial charge on any atom is 0.351 e. The highest BCUT2D eigenvalue weighted by molar-refractivity contribution is 5.76. The quantitative estimate of drug-likeness (QED) is 0.594. The molecule has 3 heterocycles. The molecule has 3 aromatic rings. The van der Waals surface area contributed by atoms with Crippen LogP contribution in [0.4, 0.5) is 0 Å². The molecule has 0 radical (unpaired) electrons. The van der Waals surface area contributed by atoms with E-state index in [4.69, 9.17) is 4.52 Å². The van der Waals surface area contributed by atoms with Crippen molar-refractivity contribution in [1.82, 2.24) is 29.4 Å². The Morgan fingerprint density at radius 3 is 2.44 bits per heavy atom. The van der Waals surface area contributed by atoms with Crippen molar-refractivity contribution in [2.45, 2.75) is 45.4 Å². The molecule has 0 atom stereocenters. The zero-order valence-corrected chi connectivity index (χ0v) is 18.3. The van der Waals surface area contributed by atoms with Gasteiger partial charge in [0.25, 0.3) is 5.56 Å². The maximum atomic E-state index is 12.6. The summed E-state index contributed by atoms with van der Waals surface area (Å²) in [6.45, 7) is 3.51. The van der Waals surface area contributed by atoms with Gasteiger partial charge in [-0.25, -0.2) is 4.79 Å². The Morgan fingerprint density at radius 1 is 1.06 bits per heavy atom. The van der Waals surface area contributed by atoms with Gasteiger partial charge in [0.05, 0.1) is 5.69 Å². The first-order chi connectivity index (χ1) is 15.4. The van der Waals surface area contributed by atoms with Gasteiger partial charge in [-0.15, -0.1) is 0 Å². The lowest BCUT2D eigenvalue weighted by atomic mass is 10.2. The first-order valence-electron chi connectivity index (χ1n) is 10.8. The van der Waals surface area contributed by atoms with E-state index in [0.29, 0.717) is 5.69 Å². The van der Waals surface area contributed by atoms with Gasteiger partial charge in [0.15, 0.2) is 5.69 Å². The number of aromatic nitrogens is 5. The van der Waals surface area contributed by atoms with Gasteiger partial charge >= 0.3 is 5.69 Å². The molecule has 0 unspecified atom stereocenters. The van der Waals surface area contributed by atoms with Crippen LogP contribution in [0.2, 0.25) is 0 Å². The van der Waals surface area contributed by atoms with Crippen LogP contribution in [0.5, 0.6) is 0 Å². The molecular formula is C22H26N6O4. The van der Waals surface area contributed by atoms with Gasteiger partial charge in [0.1, 0.15) is 0 Å². The minimum absolute atomic E-state index is 0.0105. The minimum atomic E-state index is -0.619. The molecule has 1 saturated heterocycles. The molecule has 0 N–H and O–H groups in total. The van der Waals surface area contributed by atoms with Gasteiger partial charge in [-0.3, -0.25) is 14.2 Å². The Hall–Kier alpha value is -3.56. The number of aryl methyl sites for hydroxylation is 2. The second-order valence-electron chi connectivity index (χ2n) is 8.05. The van der Waals surface area contributed by atoms with E-state index in [0.717, 1.165) is 53.6 Å². The zero-order valence-electron chi connectivity index (χ0n) is 18.3. The van der Waals surface area contributed by atoms with E-state index in [-0.39, 0.29) is 36.2 Å². The molecule has 1 aliphatic heterocycles. The molecule has 1 aliphatic rings. The van der Waals surface area contributed by atoms with E-state index in [9.17, 15) is 14.4 Å². The molecule has 1 fully saturated rings. The second kappa shape index (κ2) is 9.29. The van der Waals surface area contributed by atoms with Crippen molar-refractivity contribution in [2.75, 3.05) is 13.1 Å². The van der Waals surface area contributed by atoms with E-state index in [1.54, 1.807) is 12.1 Å². The normalized spacial score (nSPS) is 14.4. The van der Waals surface area contributed by atoms with Gasteiger partial charge < -0.3 is 9.42 Å². The van der Waals surface area contributed by atoms with Crippen molar-refractivity contribution < 1.29 is 9.32 Å². The summed E-state index contributed by atoms with van der Waals surface area (Å²) in [5.74, 6) is 0.303. The molecule has 0 saturated carbocycles. The van der Waals surface area contributed by atoms with Crippen LogP contribution >= 0.6 is 0 Å². The Labute approximate surface area is 184 Å². The van der Waals surface area contributed by atoms with Crippen LogP contribution in [0.15, 0.2) is 38.4 Å². The van der Waals surface area contributed by atoms with Crippen LogP contribution < -0.4 is 11.2 Å². The maximum absolute atomic E-state index is 12.6. The van der Waals surface area contributed by atoms with Crippen molar-refractivity contribution >= 4 is 5.91 Å². The third kappa shape index (κ3) is 4.53. The van der Waals surface area contributed by atoms with Crippen LogP contribution in [0.1, 0.15) is 43.6 Å². The molecular weight excluding hydrogens is 412 g/mol. The van der Waals surface area contributed by atoms with E-state index >= 15 is 0 Å². The lowest BCUT2D eigenvalue weighted by Gasteiger charge is -2.19. The standard InChI is InChI=1S/C22H26N6O4/c1-15-7-9-16(10-8-15)28-22(31)26(2)21(30)19(24-28)20-23-17(32-25-20)11-12-18(29)27-13-5-3-4-6-14-27/h7-10H,3-6,11-14H2,1-2H3. The van der Waals surface area contributed by atoms with Crippen molar-refractivity contribution in [1.29, 1.82) is 0 Å². The van der Waals surface area contributed by atoms with Crippen molar-refractivity contribution in [3.05, 3.63) is 56.6 Å². The van der Waals surface area contributed by atoms with Gasteiger partial charge in [-0.1, -0.05) is 35.7 Å². The number of amides is 1. The summed E-state index contributed by atoms with van der Waals surface area (Å²) in [6.07, 6.45) is 4.91. The average molecular weight is 438 g/mol. The first-order valence-corrected chi connectivity index (χ1v) is 10.8. The lowest BCUT2D eigenvalue weighted by Crippen LogP contribution is -2.40. The number of nitrogens with zero attached hydrogens (tertiary/aromatic N) is 6. The minimum Gasteiger partial charge on any atom is -0.343 e. The van der Waals surface area contributed by atoms with E-state index in [1.807, 2.05) is 24.0 Å². The number of carbonyl (C=O) groups is 1. The monoisotopic (exact) mass is 438 g/mol. The topological polar surface area (TPSA) is 116 Å². The van der Waals surface area contributed by atoms with Crippen LogP contribution in [0.25, 0.3) is 17.2 Å². The molecule has 0 aliphatic carbocycles. The van der Waals surface area contributed by atoms with E-state index < -0.39 is 11.2 Å². The summed E-state index contributed by atoms with van der Waals surface area (Å²) < 4.78 is 7.35. The van der Waals surface area contributed by atoms with Gasteiger partial charge in [-0.05, 0) is 31.9 Å². The highest BCUT2D eigenvalue weighted by Gasteiger charge is 2.21. The molecule has 0 bridgehead atoms. The van der Waals surface area contributed by atoms with Crippen LogP contribution in [-0.4, -0.2) is 48.4 Å². The fraction of sp³-hybridized carbons (Fsp3) is 0.455. The fourth-order valence-corrected chi connectivity index (χ4v) is 3.71. The molecule has 10 nitrogen and oxygen atoms in total. The number of hydrogen-bond acceptors (Lipinski definition) is 7. The zero-order chi connectivity index (χ0) is 22.7. The Bertz CT molecular complexity index is 1220. The van der Waals surface area contributed by atoms with Crippen molar-refractivity contribution in [2.24, 2.45) is 7.05 Å². The predicted molar refractivity (Wildman–Crippen MR) is 116 cm³/mol. The number of benzene rings is 1. The predicted octanol–water partition coefficient (Wildman–Crippen LogP) is 1.62. The van der Waals surface area contributed by atoms with Crippen molar-refractivity contribution in [3.8, 4) is 17.2 Å². The van der Waals surface area contributed by atoms with Crippen LogP contribution in [0, 0.1) is 6.92 Å². The smallest absolute Gasteiger partial charge is 0.343 e. The Balaban J connectivity index is 1.55. The average Bonchev–Trinajstić information content (AvgIpc) is 3.09. The van der Waals surface area contributed by atoms with Crippen molar-refractivity contribution in [3.63, 3.8) is 0 Å². The Morgan fingerprint density at radius 2 is 1.75 bits per heavy atom. The molecule has 2 aromatic heterocycles. The van der Waals surface area contributed by atoms with Gasteiger partial charge in [0.2, 0.25) is 17.6 Å². The largest absolute Gasteiger partial charge is 0.351 e.